The van der Waals surface area contributed by atoms with Crippen molar-refractivity contribution >= 4 is 0 Å². The minimum Gasteiger partial charge on any atom is -0.374 e. The van der Waals surface area contributed by atoms with Crippen LogP contribution >= 0.6 is 0 Å². The first kappa shape index (κ1) is 14.3. The van der Waals surface area contributed by atoms with Crippen LogP contribution in [-0.2, 0) is 4.74 Å². The Morgan fingerprint density at radius 3 is 2.72 bits per heavy atom. The molecule has 2 fully saturated rings. The maximum Gasteiger partial charge on any atom is 0.0821 e. The van der Waals surface area contributed by atoms with Gasteiger partial charge in [0.15, 0.2) is 0 Å². The summed E-state index contributed by atoms with van der Waals surface area (Å²) in [5.41, 5.74) is 0.260. The van der Waals surface area contributed by atoms with E-state index in [4.69, 9.17) is 4.74 Å². The fraction of sp³-hybridized carbons (Fsp3) is 1.00. The predicted molar refractivity (Wildman–Crippen MR) is 76.9 cm³/mol. The van der Waals surface area contributed by atoms with Crippen LogP contribution in [0.2, 0.25) is 0 Å². The first-order valence-corrected chi connectivity index (χ1v) is 8.14. The molecule has 0 bridgehead atoms. The molecule has 2 rings (SSSR count). The molecule has 2 heteroatoms. The van der Waals surface area contributed by atoms with E-state index >= 15 is 0 Å². The summed E-state index contributed by atoms with van der Waals surface area (Å²) in [6.45, 7) is 8.15. The molecule has 2 aliphatic rings. The van der Waals surface area contributed by atoms with Gasteiger partial charge in [0.2, 0.25) is 0 Å². The molecule has 0 aromatic carbocycles. The van der Waals surface area contributed by atoms with Crippen LogP contribution in [0.25, 0.3) is 0 Å². The molecule has 18 heavy (non-hydrogen) atoms. The smallest absolute Gasteiger partial charge is 0.0821 e. The molecule has 106 valence electrons. The number of likely N-dealkylation sites (tertiary alicyclic amines) is 1. The minimum absolute atomic E-state index is 0.260. The highest BCUT2D eigenvalue weighted by molar-refractivity contribution is 4.95. The third kappa shape index (κ3) is 3.71. The molecule has 2 atom stereocenters. The van der Waals surface area contributed by atoms with E-state index in [1.165, 1.54) is 70.9 Å². The zero-order chi connectivity index (χ0) is 12.8. The highest BCUT2D eigenvalue weighted by atomic mass is 16.5. The Labute approximate surface area is 113 Å². The molecule has 2 aliphatic heterocycles. The van der Waals surface area contributed by atoms with E-state index in [0.717, 1.165) is 12.6 Å². The van der Waals surface area contributed by atoms with Crippen LogP contribution in [0, 0.1) is 0 Å². The molecule has 2 unspecified atom stereocenters. The Hall–Kier alpha value is -0.0800. The van der Waals surface area contributed by atoms with Gasteiger partial charge in [0.25, 0.3) is 0 Å². The summed E-state index contributed by atoms with van der Waals surface area (Å²) in [5.74, 6) is 0. The topological polar surface area (TPSA) is 12.5 Å². The molecule has 0 aliphatic carbocycles. The van der Waals surface area contributed by atoms with E-state index < -0.39 is 0 Å². The molecular weight excluding hydrogens is 222 g/mol. The third-order valence-electron chi connectivity index (χ3n) is 4.88. The number of ether oxygens (including phenoxy) is 1. The summed E-state index contributed by atoms with van der Waals surface area (Å²) in [6.07, 6.45) is 12.2. The van der Waals surface area contributed by atoms with Crippen molar-refractivity contribution in [1.29, 1.82) is 0 Å². The first-order valence-electron chi connectivity index (χ1n) is 8.14. The number of unbranched alkanes of at least 4 members (excludes halogenated alkanes) is 4. The third-order valence-corrected chi connectivity index (χ3v) is 4.88. The summed E-state index contributed by atoms with van der Waals surface area (Å²) in [4.78, 5) is 2.67. The van der Waals surface area contributed by atoms with Gasteiger partial charge in [-0.1, -0.05) is 39.0 Å². The SMILES string of the molecule is CCCCCCCC(C)N1CCC2(CCCO2)C1. The van der Waals surface area contributed by atoms with Crippen LogP contribution in [0.1, 0.15) is 71.6 Å². The van der Waals surface area contributed by atoms with E-state index in [1.54, 1.807) is 0 Å². The number of hydrogen-bond donors (Lipinski definition) is 0. The summed E-state index contributed by atoms with van der Waals surface area (Å²) in [5, 5.41) is 0. The quantitative estimate of drug-likeness (QED) is 0.636. The largest absolute Gasteiger partial charge is 0.374 e. The first-order chi connectivity index (χ1) is 8.76. The van der Waals surface area contributed by atoms with Crippen molar-refractivity contribution in [2.24, 2.45) is 0 Å². The van der Waals surface area contributed by atoms with E-state index in [-0.39, 0.29) is 5.60 Å². The van der Waals surface area contributed by atoms with Crippen molar-refractivity contribution in [2.45, 2.75) is 83.3 Å². The van der Waals surface area contributed by atoms with Gasteiger partial charge in [-0.05, 0) is 32.6 Å². The Morgan fingerprint density at radius 1 is 1.17 bits per heavy atom. The van der Waals surface area contributed by atoms with Crippen LogP contribution in [0.5, 0.6) is 0 Å². The lowest BCUT2D eigenvalue weighted by Gasteiger charge is -2.27. The molecule has 1 spiro atoms. The monoisotopic (exact) mass is 253 g/mol. The lowest BCUT2D eigenvalue weighted by Crippen LogP contribution is -2.36. The Bertz CT molecular complexity index is 235. The highest BCUT2D eigenvalue weighted by Crippen LogP contribution is 2.36. The molecule has 0 aromatic heterocycles. The standard InChI is InChI=1S/C16H31NO/c1-3-4-5-6-7-9-15(2)17-12-11-16(14-17)10-8-13-18-16/h15H,3-14H2,1-2H3. The molecule has 2 saturated heterocycles. The van der Waals surface area contributed by atoms with E-state index in [0.29, 0.717) is 0 Å². The molecular formula is C16H31NO. The van der Waals surface area contributed by atoms with Gasteiger partial charge in [-0.2, -0.15) is 0 Å². The van der Waals surface area contributed by atoms with Crippen LogP contribution in [0.15, 0.2) is 0 Å². The van der Waals surface area contributed by atoms with Crippen molar-refractivity contribution in [3.63, 3.8) is 0 Å². The van der Waals surface area contributed by atoms with E-state index in [1.807, 2.05) is 0 Å². The van der Waals surface area contributed by atoms with Crippen LogP contribution in [-0.4, -0.2) is 36.2 Å². The molecule has 0 aromatic rings. The average Bonchev–Trinajstić information content (AvgIpc) is 3.00. The van der Waals surface area contributed by atoms with Crippen LogP contribution < -0.4 is 0 Å². The van der Waals surface area contributed by atoms with E-state index in [9.17, 15) is 0 Å². The molecule has 0 amide bonds. The number of hydrogen-bond acceptors (Lipinski definition) is 2. The zero-order valence-electron chi connectivity index (χ0n) is 12.4. The van der Waals surface area contributed by atoms with Gasteiger partial charge >= 0.3 is 0 Å². The molecule has 0 N–H and O–H groups in total. The number of nitrogens with zero attached hydrogens (tertiary/aromatic N) is 1. The fourth-order valence-corrected chi connectivity index (χ4v) is 3.55. The minimum atomic E-state index is 0.260. The summed E-state index contributed by atoms with van der Waals surface area (Å²) >= 11 is 0. The van der Waals surface area contributed by atoms with Crippen molar-refractivity contribution < 1.29 is 4.74 Å². The summed E-state index contributed by atoms with van der Waals surface area (Å²) in [6, 6.07) is 0.759. The van der Waals surface area contributed by atoms with Crippen molar-refractivity contribution in [1.82, 2.24) is 4.90 Å². The van der Waals surface area contributed by atoms with Gasteiger partial charge in [0.05, 0.1) is 5.60 Å². The van der Waals surface area contributed by atoms with Gasteiger partial charge in [0.1, 0.15) is 0 Å². The second-order valence-corrected chi connectivity index (χ2v) is 6.41. The molecule has 0 saturated carbocycles. The van der Waals surface area contributed by atoms with E-state index in [2.05, 4.69) is 18.7 Å². The predicted octanol–water partition coefficient (Wildman–Crippen LogP) is 3.99. The summed E-state index contributed by atoms with van der Waals surface area (Å²) in [7, 11) is 0. The molecule has 2 heterocycles. The maximum atomic E-state index is 6.00. The fourth-order valence-electron chi connectivity index (χ4n) is 3.55. The van der Waals surface area contributed by atoms with Crippen LogP contribution in [0.3, 0.4) is 0 Å². The average molecular weight is 253 g/mol. The normalized spacial score (nSPS) is 30.3. The number of rotatable bonds is 7. The lowest BCUT2D eigenvalue weighted by molar-refractivity contribution is 0.00939. The zero-order valence-corrected chi connectivity index (χ0v) is 12.4. The second kappa shape index (κ2) is 6.91. The molecule has 0 radical (unpaired) electrons. The van der Waals surface area contributed by atoms with Crippen molar-refractivity contribution in [2.75, 3.05) is 19.7 Å². The second-order valence-electron chi connectivity index (χ2n) is 6.41. The van der Waals surface area contributed by atoms with Crippen molar-refractivity contribution in [3.8, 4) is 0 Å². The van der Waals surface area contributed by atoms with Gasteiger partial charge in [-0.15, -0.1) is 0 Å². The molecule has 2 nitrogen and oxygen atoms in total. The van der Waals surface area contributed by atoms with Crippen molar-refractivity contribution in [3.05, 3.63) is 0 Å². The Balaban J connectivity index is 1.63. The van der Waals surface area contributed by atoms with Gasteiger partial charge in [0, 0.05) is 25.7 Å². The van der Waals surface area contributed by atoms with Gasteiger partial charge in [-0.25, -0.2) is 0 Å². The summed E-state index contributed by atoms with van der Waals surface area (Å²) < 4.78 is 6.00. The lowest BCUT2D eigenvalue weighted by atomic mass is 9.99. The highest BCUT2D eigenvalue weighted by Gasteiger charge is 2.42. The Kier molecular flexibility index (Phi) is 5.50. The Morgan fingerprint density at radius 2 is 2.00 bits per heavy atom. The van der Waals surface area contributed by atoms with Crippen LogP contribution in [0.4, 0.5) is 0 Å². The van der Waals surface area contributed by atoms with Gasteiger partial charge in [-0.3, -0.25) is 4.90 Å². The maximum absolute atomic E-state index is 6.00. The van der Waals surface area contributed by atoms with Gasteiger partial charge < -0.3 is 4.74 Å².